The normalized spacial score (nSPS) is 34.4. The average Bonchev–Trinajstić information content (AvgIpc) is 2.77. The molecule has 3 heteroatoms. The summed E-state index contributed by atoms with van der Waals surface area (Å²) in [6.45, 7) is 4.21. The first-order chi connectivity index (χ1) is 7.56. The van der Waals surface area contributed by atoms with Crippen molar-refractivity contribution in [1.29, 1.82) is 0 Å². The maximum atomic E-state index is 11.8. The summed E-state index contributed by atoms with van der Waals surface area (Å²) in [4.78, 5) is 11.8. The van der Waals surface area contributed by atoms with Crippen molar-refractivity contribution in [3.8, 4) is 0 Å². The van der Waals surface area contributed by atoms with Crippen LogP contribution in [0.2, 0.25) is 0 Å². The summed E-state index contributed by atoms with van der Waals surface area (Å²) in [5, 5.41) is -0.237. The van der Waals surface area contributed by atoms with Gasteiger partial charge in [-0.1, -0.05) is 13.8 Å². The predicted molar refractivity (Wildman–Crippen MR) is 67.6 cm³/mol. The Balaban J connectivity index is 1.79. The van der Waals surface area contributed by atoms with E-state index in [2.05, 4.69) is 26.5 Å². The fraction of sp³-hybridized carbons (Fsp3) is 0.923. The largest absolute Gasteiger partial charge is 0.461 e. The lowest BCUT2D eigenvalue weighted by atomic mass is 9.97. The Morgan fingerprint density at radius 1 is 1.38 bits per heavy atom. The number of ether oxygens (including phenoxy) is 1. The fourth-order valence-electron chi connectivity index (χ4n) is 3.10. The van der Waals surface area contributed by atoms with Crippen molar-refractivity contribution in [3.05, 3.63) is 0 Å². The minimum absolute atomic E-state index is 0.102. The number of rotatable bonds is 4. The van der Waals surface area contributed by atoms with Crippen molar-refractivity contribution in [3.63, 3.8) is 0 Å². The Morgan fingerprint density at radius 3 is 2.62 bits per heavy atom. The Kier molecular flexibility index (Phi) is 3.83. The first-order valence-electron chi connectivity index (χ1n) is 6.44. The van der Waals surface area contributed by atoms with Crippen molar-refractivity contribution in [2.45, 2.75) is 57.3 Å². The summed E-state index contributed by atoms with van der Waals surface area (Å²) in [6, 6.07) is 0. The van der Waals surface area contributed by atoms with E-state index in [0.717, 1.165) is 18.8 Å². The van der Waals surface area contributed by atoms with Crippen LogP contribution in [0, 0.1) is 17.8 Å². The number of esters is 1. The zero-order valence-corrected chi connectivity index (χ0v) is 11.1. The quantitative estimate of drug-likeness (QED) is 0.606. The van der Waals surface area contributed by atoms with Gasteiger partial charge in [0.1, 0.15) is 6.10 Å². The monoisotopic (exact) mass is 242 g/mol. The molecule has 0 aromatic carbocycles. The molecule has 4 unspecified atom stereocenters. The molecule has 0 N–H and O–H groups in total. The molecule has 0 saturated heterocycles. The summed E-state index contributed by atoms with van der Waals surface area (Å²) in [5.74, 6) is 1.87. The van der Waals surface area contributed by atoms with Crippen LogP contribution < -0.4 is 0 Å². The van der Waals surface area contributed by atoms with Crippen LogP contribution in [0.15, 0.2) is 0 Å². The molecule has 16 heavy (non-hydrogen) atoms. The molecule has 0 aromatic heterocycles. The SMILES string of the molecule is CC(C)CC(S)C(=O)OC1CC2CCC1C2. The molecule has 2 fully saturated rings. The van der Waals surface area contributed by atoms with Gasteiger partial charge in [-0.3, -0.25) is 4.79 Å². The number of thiol groups is 1. The van der Waals surface area contributed by atoms with Crippen molar-refractivity contribution in [2.75, 3.05) is 0 Å². The van der Waals surface area contributed by atoms with Gasteiger partial charge in [0.15, 0.2) is 0 Å². The number of hydrogen-bond donors (Lipinski definition) is 1. The van der Waals surface area contributed by atoms with Crippen molar-refractivity contribution < 1.29 is 9.53 Å². The molecule has 92 valence electrons. The molecule has 2 aliphatic carbocycles. The van der Waals surface area contributed by atoms with Gasteiger partial charge in [0.25, 0.3) is 0 Å². The summed E-state index contributed by atoms with van der Waals surface area (Å²) in [5.41, 5.74) is 0. The second-order valence-corrected chi connectivity index (χ2v) is 6.42. The summed E-state index contributed by atoms with van der Waals surface area (Å²) in [6.07, 6.45) is 5.98. The maximum absolute atomic E-state index is 11.8. The molecule has 2 saturated carbocycles. The first kappa shape index (κ1) is 12.3. The van der Waals surface area contributed by atoms with E-state index in [-0.39, 0.29) is 17.3 Å². The summed E-state index contributed by atoms with van der Waals surface area (Å²) >= 11 is 4.33. The summed E-state index contributed by atoms with van der Waals surface area (Å²) in [7, 11) is 0. The highest BCUT2D eigenvalue weighted by Crippen LogP contribution is 2.46. The minimum Gasteiger partial charge on any atom is -0.461 e. The van der Waals surface area contributed by atoms with Gasteiger partial charge < -0.3 is 4.74 Å². The van der Waals surface area contributed by atoms with Gasteiger partial charge in [-0.2, -0.15) is 12.6 Å². The van der Waals surface area contributed by atoms with Crippen LogP contribution in [0.4, 0.5) is 0 Å². The second kappa shape index (κ2) is 4.99. The average molecular weight is 242 g/mol. The molecule has 0 radical (unpaired) electrons. The third-order valence-electron chi connectivity index (χ3n) is 3.91. The minimum atomic E-state index is -0.237. The van der Waals surface area contributed by atoms with E-state index in [1.165, 1.54) is 19.3 Å². The lowest BCUT2D eigenvalue weighted by Crippen LogP contribution is -2.29. The molecular formula is C13H22O2S. The molecule has 0 aromatic rings. The van der Waals surface area contributed by atoms with E-state index in [0.29, 0.717) is 11.8 Å². The molecule has 0 amide bonds. The van der Waals surface area contributed by atoms with Gasteiger partial charge in [0.2, 0.25) is 0 Å². The molecule has 2 rings (SSSR count). The van der Waals surface area contributed by atoms with Crippen LogP contribution in [0.1, 0.15) is 46.0 Å². The van der Waals surface area contributed by atoms with E-state index in [1.807, 2.05) is 0 Å². The van der Waals surface area contributed by atoms with Crippen LogP contribution in [-0.4, -0.2) is 17.3 Å². The Bertz CT molecular complexity index is 265. The van der Waals surface area contributed by atoms with Gasteiger partial charge >= 0.3 is 5.97 Å². The van der Waals surface area contributed by atoms with E-state index in [4.69, 9.17) is 4.74 Å². The third kappa shape index (κ3) is 2.73. The Labute approximate surface area is 104 Å². The molecule has 0 heterocycles. The zero-order valence-electron chi connectivity index (χ0n) is 10.2. The van der Waals surface area contributed by atoms with E-state index >= 15 is 0 Å². The highest BCUT2D eigenvalue weighted by atomic mass is 32.1. The third-order valence-corrected chi connectivity index (χ3v) is 4.33. The number of hydrogen-bond acceptors (Lipinski definition) is 3. The van der Waals surface area contributed by atoms with Crippen LogP contribution >= 0.6 is 12.6 Å². The molecular weight excluding hydrogens is 220 g/mol. The maximum Gasteiger partial charge on any atom is 0.319 e. The standard InChI is InChI=1S/C13H22O2S/c1-8(2)5-12(16)13(14)15-11-7-9-3-4-10(11)6-9/h8-12,16H,3-7H2,1-2H3. The van der Waals surface area contributed by atoms with Gasteiger partial charge in [-0.05, 0) is 49.9 Å². The molecule has 4 atom stereocenters. The second-order valence-electron chi connectivity index (χ2n) is 5.80. The van der Waals surface area contributed by atoms with Gasteiger partial charge in [-0.15, -0.1) is 0 Å². The molecule has 2 aliphatic rings. The Morgan fingerprint density at radius 2 is 2.12 bits per heavy atom. The van der Waals surface area contributed by atoms with Crippen LogP contribution in [-0.2, 0) is 9.53 Å². The van der Waals surface area contributed by atoms with Crippen molar-refractivity contribution in [2.24, 2.45) is 17.8 Å². The summed E-state index contributed by atoms with van der Waals surface area (Å²) < 4.78 is 5.59. The van der Waals surface area contributed by atoms with Crippen molar-refractivity contribution >= 4 is 18.6 Å². The van der Waals surface area contributed by atoms with Gasteiger partial charge in [0.05, 0.1) is 5.25 Å². The first-order valence-corrected chi connectivity index (χ1v) is 6.96. The lowest BCUT2D eigenvalue weighted by Gasteiger charge is -2.23. The molecule has 0 aliphatic heterocycles. The highest BCUT2D eigenvalue weighted by Gasteiger charge is 2.42. The number of carbonyl (C=O) groups is 1. The zero-order chi connectivity index (χ0) is 11.7. The van der Waals surface area contributed by atoms with Crippen molar-refractivity contribution in [1.82, 2.24) is 0 Å². The van der Waals surface area contributed by atoms with Gasteiger partial charge in [-0.25, -0.2) is 0 Å². The number of carbonyl (C=O) groups excluding carboxylic acids is 1. The number of fused-ring (bicyclic) bond motifs is 2. The fourth-order valence-corrected chi connectivity index (χ4v) is 3.58. The van der Waals surface area contributed by atoms with Crippen LogP contribution in [0.25, 0.3) is 0 Å². The lowest BCUT2D eigenvalue weighted by molar-refractivity contribution is -0.151. The van der Waals surface area contributed by atoms with Gasteiger partial charge in [0, 0.05) is 0 Å². The molecule has 2 bridgehead atoms. The highest BCUT2D eigenvalue weighted by molar-refractivity contribution is 7.81. The van der Waals surface area contributed by atoms with Crippen LogP contribution in [0.3, 0.4) is 0 Å². The van der Waals surface area contributed by atoms with E-state index < -0.39 is 0 Å². The smallest absolute Gasteiger partial charge is 0.319 e. The van der Waals surface area contributed by atoms with E-state index in [9.17, 15) is 4.79 Å². The van der Waals surface area contributed by atoms with Crippen LogP contribution in [0.5, 0.6) is 0 Å². The predicted octanol–water partition coefficient (Wildman–Crippen LogP) is 3.06. The molecule has 2 nitrogen and oxygen atoms in total. The molecule has 0 spiro atoms. The van der Waals surface area contributed by atoms with E-state index in [1.54, 1.807) is 0 Å². The topological polar surface area (TPSA) is 26.3 Å². The Hall–Kier alpha value is -0.180.